The molecule has 20 heavy (non-hydrogen) atoms. The van der Waals surface area contributed by atoms with Crippen molar-refractivity contribution in [2.24, 2.45) is 0 Å². The molecule has 1 N–H and O–H groups in total. The lowest BCUT2D eigenvalue weighted by Gasteiger charge is -2.08. The molecular weight excluding hydrogens is 256 g/mol. The minimum Gasteiger partial charge on any atom is -0.497 e. The molecule has 5 nitrogen and oxygen atoms in total. The normalized spacial score (nSPS) is 10.7. The Labute approximate surface area is 117 Å². The fourth-order valence-corrected chi connectivity index (χ4v) is 1.95. The van der Waals surface area contributed by atoms with Crippen LogP contribution >= 0.6 is 0 Å². The maximum atomic E-state index is 12.4. The number of amides is 1. The first-order chi connectivity index (χ1) is 9.52. The Morgan fingerprint density at radius 1 is 1.40 bits per heavy atom. The quantitative estimate of drug-likeness (QED) is 0.928. The van der Waals surface area contributed by atoms with Gasteiger partial charge in [-0.1, -0.05) is 25.1 Å². The zero-order valence-corrected chi connectivity index (χ0v) is 12.1. The molecule has 0 aliphatic rings. The summed E-state index contributed by atoms with van der Waals surface area (Å²) in [6.45, 7) is 5.68. The Kier molecular flexibility index (Phi) is 4.08. The highest BCUT2D eigenvalue weighted by Gasteiger charge is 2.22. The first-order valence-electron chi connectivity index (χ1n) is 6.44. The van der Waals surface area contributed by atoms with Crippen molar-refractivity contribution in [1.82, 2.24) is 5.16 Å². The van der Waals surface area contributed by atoms with Gasteiger partial charge in [0.15, 0.2) is 5.76 Å². The summed E-state index contributed by atoms with van der Waals surface area (Å²) < 4.78 is 10.4. The van der Waals surface area contributed by atoms with Crippen molar-refractivity contribution < 1.29 is 14.1 Å². The topological polar surface area (TPSA) is 64.4 Å². The molecule has 0 atom stereocenters. The largest absolute Gasteiger partial charge is 0.497 e. The van der Waals surface area contributed by atoms with Gasteiger partial charge in [0.25, 0.3) is 5.91 Å². The van der Waals surface area contributed by atoms with E-state index in [1.54, 1.807) is 26.2 Å². The summed E-state index contributed by atoms with van der Waals surface area (Å²) in [5, 5.41) is 6.71. The second-order valence-electron chi connectivity index (χ2n) is 4.85. The van der Waals surface area contributed by atoms with Crippen molar-refractivity contribution in [2.45, 2.75) is 26.7 Å². The van der Waals surface area contributed by atoms with Crippen LogP contribution in [0.4, 0.5) is 5.69 Å². The zero-order valence-electron chi connectivity index (χ0n) is 12.1. The third-order valence-electron chi connectivity index (χ3n) is 2.97. The molecule has 0 aliphatic heterocycles. The Morgan fingerprint density at radius 3 is 2.80 bits per heavy atom. The molecule has 1 aromatic heterocycles. The van der Waals surface area contributed by atoms with E-state index in [4.69, 9.17) is 9.26 Å². The van der Waals surface area contributed by atoms with Gasteiger partial charge in [0.2, 0.25) is 0 Å². The maximum absolute atomic E-state index is 12.4. The van der Waals surface area contributed by atoms with Crippen LogP contribution in [0.1, 0.15) is 41.6 Å². The number of carbonyl (C=O) groups is 1. The predicted octanol–water partition coefficient (Wildman–Crippen LogP) is 3.37. The predicted molar refractivity (Wildman–Crippen MR) is 76.3 cm³/mol. The molecule has 0 unspecified atom stereocenters. The summed E-state index contributed by atoms with van der Waals surface area (Å²) in [7, 11) is 1.59. The monoisotopic (exact) mass is 274 g/mol. The highest BCUT2D eigenvalue weighted by molar-refractivity contribution is 6.05. The van der Waals surface area contributed by atoms with E-state index in [0.29, 0.717) is 28.5 Å². The molecule has 1 heterocycles. The molecule has 0 radical (unpaired) electrons. The summed E-state index contributed by atoms with van der Waals surface area (Å²) in [6, 6.07) is 7.20. The van der Waals surface area contributed by atoms with Gasteiger partial charge in [0.05, 0.1) is 12.8 Å². The average Bonchev–Trinajstić information content (AvgIpc) is 2.81. The lowest BCUT2D eigenvalue weighted by atomic mass is 10.0. The minimum atomic E-state index is -0.222. The van der Waals surface area contributed by atoms with Gasteiger partial charge in [-0.05, 0) is 19.1 Å². The van der Waals surface area contributed by atoms with Crippen LogP contribution in [0.15, 0.2) is 28.8 Å². The number of ether oxygens (including phenoxy) is 1. The van der Waals surface area contributed by atoms with Crippen LogP contribution in [0.25, 0.3) is 0 Å². The fourth-order valence-electron chi connectivity index (χ4n) is 1.95. The van der Waals surface area contributed by atoms with Gasteiger partial charge in [0.1, 0.15) is 11.3 Å². The second kappa shape index (κ2) is 5.77. The molecule has 1 amide bonds. The number of rotatable bonds is 4. The van der Waals surface area contributed by atoms with Crippen molar-refractivity contribution in [2.75, 3.05) is 12.4 Å². The lowest BCUT2D eigenvalue weighted by molar-refractivity contribution is 0.102. The number of methoxy groups -OCH3 is 1. The van der Waals surface area contributed by atoms with E-state index in [9.17, 15) is 4.79 Å². The highest BCUT2D eigenvalue weighted by atomic mass is 16.5. The molecule has 106 valence electrons. The van der Waals surface area contributed by atoms with E-state index < -0.39 is 0 Å². The fraction of sp³-hybridized carbons (Fsp3) is 0.333. The third-order valence-corrected chi connectivity index (χ3v) is 2.97. The Balaban J connectivity index is 2.26. The molecular formula is C15H18N2O3. The molecule has 0 saturated carbocycles. The number of hydrogen-bond acceptors (Lipinski definition) is 4. The van der Waals surface area contributed by atoms with E-state index in [-0.39, 0.29) is 11.8 Å². The van der Waals surface area contributed by atoms with Crippen LogP contribution in [0.2, 0.25) is 0 Å². The summed E-state index contributed by atoms with van der Waals surface area (Å²) in [5.74, 6) is 1.17. The van der Waals surface area contributed by atoms with E-state index in [1.165, 1.54) is 0 Å². The molecule has 2 aromatic rings. The first-order valence-corrected chi connectivity index (χ1v) is 6.44. The van der Waals surface area contributed by atoms with E-state index >= 15 is 0 Å². The van der Waals surface area contributed by atoms with Crippen LogP contribution in [0.5, 0.6) is 5.75 Å². The Bertz CT molecular complexity index is 617. The van der Waals surface area contributed by atoms with Gasteiger partial charge in [-0.2, -0.15) is 0 Å². The standard InChI is InChI=1S/C15H18N2O3/c1-9(2)14-13(10(3)17-20-14)15(18)16-11-6-5-7-12(8-11)19-4/h5-9H,1-4H3,(H,16,18). The minimum absolute atomic E-state index is 0.0993. The van der Waals surface area contributed by atoms with Crippen molar-refractivity contribution in [3.8, 4) is 5.75 Å². The summed E-state index contributed by atoms with van der Waals surface area (Å²) >= 11 is 0. The smallest absolute Gasteiger partial charge is 0.261 e. The molecule has 5 heteroatoms. The average molecular weight is 274 g/mol. The van der Waals surface area contributed by atoms with E-state index in [1.807, 2.05) is 26.0 Å². The molecule has 0 aliphatic carbocycles. The SMILES string of the molecule is COc1cccc(NC(=O)c2c(C)noc2C(C)C)c1. The Morgan fingerprint density at radius 2 is 2.15 bits per heavy atom. The highest BCUT2D eigenvalue weighted by Crippen LogP contribution is 2.24. The van der Waals surface area contributed by atoms with E-state index in [0.717, 1.165) is 0 Å². The number of hydrogen-bond donors (Lipinski definition) is 1. The Hall–Kier alpha value is -2.30. The number of aryl methyl sites for hydroxylation is 1. The number of nitrogens with one attached hydrogen (secondary N) is 1. The molecule has 0 fully saturated rings. The van der Waals surface area contributed by atoms with Crippen molar-refractivity contribution in [1.29, 1.82) is 0 Å². The van der Waals surface area contributed by atoms with Gasteiger partial charge in [-0.15, -0.1) is 0 Å². The molecule has 0 bridgehead atoms. The van der Waals surface area contributed by atoms with Crippen molar-refractivity contribution in [3.05, 3.63) is 41.3 Å². The van der Waals surface area contributed by atoms with Crippen LogP contribution in [-0.4, -0.2) is 18.2 Å². The van der Waals surface area contributed by atoms with Gasteiger partial charge in [0, 0.05) is 17.7 Å². The first kappa shape index (κ1) is 14.1. The van der Waals surface area contributed by atoms with Gasteiger partial charge in [-0.3, -0.25) is 4.79 Å². The number of benzene rings is 1. The third kappa shape index (κ3) is 2.82. The van der Waals surface area contributed by atoms with Crippen LogP contribution in [0.3, 0.4) is 0 Å². The van der Waals surface area contributed by atoms with Crippen LogP contribution in [0, 0.1) is 6.92 Å². The van der Waals surface area contributed by atoms with E-state index in [2.05, 4.69) is 10.5 Å². The van der Waals surface area contributed by atoms with Crippen LogP contribution in [-0.2, 0) is 0 Å². The molecule has 0 saturated heterocycles. The van der Waals surface area contributed by atoms with Gasteiger partial charge < -0.3 is 14.6 Å². The maximum Gasteiger partial charge on any atom is 0.261 e. The molecule has 0 spiro atoms. The lowest BCUT2D eigenvalue weighted by Crippen LogP contribution is -2.14. The number of carbonyl (C=O) groups excluding carboxylic acids is 1. The zero-order chi connectivity index (χ0) is 14.7. The van der Waals surface area contributed by atoms with Crippen LogP contribution < -0.4 is 10.1 Å². The molecule has 2 rings (SSSR count). The van der Waals surface area contributed by atoms with Gasteiger partial charge >= 0.3 is 0 Å². The second-order valence-corrected chi connectivity index (χ2v) is 4.85. The summed E-state index contributed by atoms with van der Waals surface area (Å²) in [5.41, 5.74) is 1.77. The number of aromatic nitrogens is 1. The van der Waals surface area contributed by atoms with Crippen molar-refractivity contribution >= 4 is 11.6 Å². The summed E-state index contributed by atoms with van der Waals surface area (Å²) in [4.78, 5) is 12.4. The number of nitrogens with zero attached hydrogens (tertiary/aromatic N) is 1. The number of anilines is 1. The molecule has 1 aromatic carbocycles. The van der Waals surface area contributed by atoms with Gasteiger partial charge in [-0.25, -0.2) is 0 Å². The van der Waals surface area contributed by atoms with Crippen molar-refractivity contribution in [3.63, 3.8) is 0 Å². The summed E-state index contributed by atoms with van der Waals surface area (Å²) in [6.07, 6.45) is 0.